The van der Waals surface area contributed by atoms with E-state index in [4.69, 9.17) is 9.47 Å². The normalized spacial score (nSPS) is 16.6. The number of methoxy groups -OCH3 is 1. The van der Waals surface area contributed by atoms with Crippen molar-refractivity contribution >= 4 is 17.3 Å². The fraction of sp³-hybridized carbons (Fsp3) is 0.444. The molecule has 0 amide bonds. The molecule has 0 atom stereocenters. The fourth-order valence-electron chi connectivity index (χ4n) is 2.85. The van der Waals surface area contributed by atoms with E-state index in [-0.39, 0.29) is 6.61 Å². The van der Waals surface area contributed by atoms with Gasteiger partial charge in [-0.05, 0) is 49.9 Å². The van der Waals surface area contributed by atoms with Crippen LogP contribution in [0.2, 0.25) is 0 Å². The third-order valence-electron chi connectivity index (χ3n) is 4.30. The van der Waals surface area contributed by atoms with Gasteiger partial charge in [-0.1, -0.05) is 6.42 Å². The minimum absolute atomic E-state index is 0.0911. The highest BCUT2D eigenvalue weighted by atomic mass is 32.1. The van der Waals surface area contributed by atoms with E-state index in [1.807, 2.05) is 29.6 Å². The third kappa shape index (κ3) is 3.76. The molecule has 1 heterocycles. The topological polar surface area (TPSA) is 68.7 Å². The summed E-state index contributed by atoms with van der Waals surface area (Å²) in [5.41, 5.74) is 0.371. The van der Waals surface area contributed by atoms with E-state index in [2.05, 4.69) is 4.98 Å². The maximum Gasteiger partial charge on any atom is 0.338 e. The monoisotopic (exact) mass is 347 g/mol. The minimum atomic E-state index is -1.31. The number of rotatable bonds is 5. The summed E-state index contributed by atoms with van der Waals surface area (Å²) in [6.45, 7) is 0.0911. The summed E-state index contributed by atoms with van der Waals surface area (Å²) in [6.07, 6.45) is 3.76. The highest BCUT2D eigenvalue weighted by molar-refractivity contribution is 7.13. The van der Waals surface area contributed by atoms with Crippen LogP contribution in [0.5, 0.6) is 5.75 Å². The van der Waals surface area contributed by atoms with E-state index in [1.165, 1.54) is 11.3 Å². The molecule has 128 valence electrons. The molecule has 0 radical (unpaired) electrons. The number of esters is 1. The maximum absolute atomic E-state index is 12.1. The first-order valence-electron chi connectivity index (χ1n) is 8.09. The molecule has 0 saturated heterocycles. The van der Waals surface area contributed by atoms with Crippen molar-refractivity contribution in [3.8, 4) is 16.3 Å². The number of aliphatic hydroxyl groups is 1. The van der Waals surface area contributed by atoms with Gasteiger partial charge in [0.25, 0.3) is 0 Å². The van der Waals surface area contributed by atoms with Crippen LogP contribution in [0.25, 0.3) is 10.6 Å². The summed E-state index contributed by atoms with van der Waals surface area (Å²) in [5, 5.41) is 13.1. The highest BCUT2D eigenvalue weighted by Crippen LogP contribution is 2.30. The Labute approximate surface area is 145 Å². The second kappa shape index (κ2) is 7.32. The van der Waals surface area contributed by atoms with Crippen molar-refractivity contribution in [2.45, 2.75) is 44.3 Å². The summed E-state index contributed by atoms with van der Waals surface area (Å²) in [4.78, 5) is 16.6. The van der Waals surface area contributed by atoms with Crippen LogP contribution in [0.15, 0.2) is 29.6 Å². The van der Waals surface area contributed by atoms with Crippen LogP contribution in [0, 0.1) is 0 Å². The number of nitrogens with zero attached hydrogens (tertiary/aromatic N) is 1. The van der Waals surface area contributed by atoms with E-state index >= 15 is 0 Å². The SMILES string of the molecule is COc1ccc(-c2nc(COC(=O)C3(O)CCCCC3)cs2)cc1. The molecule has 0 bridgehead atoms. The maximum atomic E-state index is 12.1. The van der Waals surface area contributed by atoms with Gasteiger partial charge in [0, 0.05) is 10.9 Å². The molecule has 1 fully saturated rings. The molecule has 0 spiro atoms. The van der Waals surface area contributed by atoms with Gasteiger partial charge in [0.05, 0.1) is 12.8 Å². The Kier molecular flexibility index (Phi) is 5.16. The zero-order valence-electron chi connectivity index (χ0n) is 13.7. The molecule has 1 aromatic carbocycles. The lowest BCUT2D eigenvalue weighted by atomic mass is 9.85. The molecule has 2 aromatic rings. The lowest BCUT2D eigenvalue weighted by molar-refractivity contribution is -0.170. The van der Waals surface area contributed by atoms with Crippen LogP contribution >= 0.6 is 11.3 Å². The van der Waals surface area contributed by atoms with Crippen molar-refractivity contribution in [3.63, 3.8) is 0 Å². The van der Waals surface area contributed by atoms with Crippen molar-refractivity contribution in [2.75, 3.05) is 7.11 Å². The number of hydrogen-bond acceptors (Lipinski definition) is 6. The molecular weight excluding hydrogens is 326 g/mol. The Morgan fingerprint density at radius 2 is 1.96 bits per heavy atom. The second-order valence-electron chi connectivity index (χ2n) is 6.04. The molecule has 5 nitrogen and oxygen atoms in total. The summed E-state index contributed by atoms with van der Waals surface area (Å²) >= 11 is 1.50. The molecular formula is C18H21NO4S. The Balaban J connectivity index is 1.60. The predicted molar refractivity (Wildman–Crippen MR) is 91.9 cm³/mol. The molecule has 0 aliphatic heterocycles. The first-order valence-corrected chi connectivity index (χ1v) is 8.97. The number of benzene rings is 1. The number of ether oxygens (including phenoxy) is 2. The quantitative estimate of drug-likeness (QED) is 0.838. The van der Waals surface area contributed by atoms with Crippen LogP contribution in [0.4, 0.5) is 0 Å². The van der Waals surface area contributed by atoms with Crippen LogP contribution in [0.1, 0.15) is 37.8 Å². The minimum Gasteiger partial charge on any atom is -0.497 e. The van der Waals surface area contributed by atoms with Gasteiger partial charge >= 0.3 is 5.97 Å². The van der Waals surface area contributed by atoms with E-state index in [0.29, 0.717) is 18.5 Å². The Morgan fingerprint density at radius 3 is 2.62 bits per heavy atom. The molecule has 6 heteroatoms. The average molecular weight is 347 g/mol. The molecule has 1 aliphatic carbocycles. The zero-order valence-corrected chi connectivity index (χ0v) is 14.5. The van der Waals surface area contributed by atoms with Crippen LogP contribution in [-0.4, -0.2) is 28.8 Å². The van der Waals surface area contributed by atoms with E-state index < -0.39 is 11.6 Å². The summed E-state index contributed by atoms with van der Waals surface area (Å²) < 4.78 is 10.4. The predicted octanol–water partition coefficient (Wildman–Crippen LogP) is 3.56. The third-order valence-corrected chi connectivity index (χ3v) is 5.24. The molecule has 1 aromatic heterocycles. The molecule has 3 rings (SSSR count). The van der Waals surface area contributed by atoms with E-state index in [0.717, 1.165) is 35.6 Å². The molecule has 1 aliphatic rings. The van der Waals surface area contributed by atoms with Crippen LogP contribution in [-0.2, 0) is 16.1 Å². The number of carbonyl (C=O) groups excluding carboxylic acids is 1. The van der Waals surface area contributed by atoms with Crippen molar-refractivity contribution in [1.29, 1.82) is 0 Å². The van der Waals surface area contributed by atoms with Gasteiger partial charge in [-0.3, -0.25) is 0 Å². The Bertz CT molecular complexity index is 689. The molecule has 0 unspecified atom stereocenters. The highest BCUT2D eigenvalue weighted by Gasteiger charge is 2.38. The van der Waals surface area contributed by atoms with Gasteiger partial charge in [-0.15, -0.1) is 11.3 Å². The van der Waals surface area contributed by atoms with Crippen molar-refractivity contribution in [3.05, 3.63) is 35.3 Å². The van der Waals surface area contributed by atoms with Crippen LogP contribution < -0.4 is 4.74 Å². The smallest absolute Gasteiger partial charge is 0.338 e. The summed E-state index contributed by atoms with van der Waals surface area (Å²) in [7, 11) is 1.63. The first kappa shape index (κ1) is 16.9. The number of carbonyl (C=O) groups is 1. The van der Waals surface area contributed by atoms with Crippen molar-refractivity contribution < 1.29 is 19.4 Å². The largest absolute Gasteiger partial charge is 0.497 e. The lowest BCUT2D eigenvalue weighted by Gasteiger charge is -2.29. The number of thiazole rings is 1. The number of hydrogen-bond donors (Lipinski definition) is 1. The van der Waals surface area contributed by atoms with Crippen molar-refractivity contribution in [1.82, 2.24) is 4.98 Å². The van der Waals surface area contributed by atoms with E-state index in [1.54, 1.807) is 7.11 Å². The van der Waals surface area contributed by atoms with Gasteiger partial charge in [-0.2, -0.15) is 0 Å². The summed E-state index contributed by atoms with van der Waals surface area (Å²) in [6, 6.07) is 7.65. The lowest BCUT2D eigenvalue weighted by Crippen LogP contribution is -2.41. The standard InChI is InChI=1S/C18H21NO4S/c1-22-15-7-5-13(6-8-15)16-19-14(12-24-16)11-23-17(20)18(21)9-3-2-4-10-18/h5-8,12,21H,2-4,9-11H2,1H3. The molecule has 1 saturated carbocycles. The van der Waals surface area contributed by atoms with Gasteiger partial charge in [0.1, 0.15) is 17.4 Å². The van der Waals surface area contributed by atoms with Gasteiger partial charge in [0.15, 0.2) is 5.60 Å². The average Bonchev–Trinajstić information content (AvgIpc) is 3.09. The zero-order chi connectivity index (χ0) is 17.0. The van der Waals surface area contributed by atoms with Crippen molar-refractivity contribution in [2.24, 2.45) is 0 Å². The second-order valence-corrected chi connectivity index (χ2v) is 6.90. The Hall–Kier alpha value is -1.92. The van der Waals surface area contributed by atoms with Gasteiger partial charge in [-0.25, -0.2) is 9.78 Å². The van der Waals surface area contributed by atoms with Gasteiger partial charge in [0.2, 0.25) is 0 Å². The summed E-state index contributed by atoms with van der Waals surface area (Å²) in [5.74, 6) is 0.270. The van der Waals surface area contributed by atoms with Crippen LogP contribution in [0.3, 0.4) is 0 Å². The Morgan fingerprint density at radius 1 is 1.25 bits per heavy atom. The number of aromatic nitrogens is 1. The fourth-order valence-corrected chi connectivity index (χ4v) is 3.66. The molecule has 24 heavy (non-hydrogen) atoms. The van der Waals surface area contributed by atoms with Gasteiger partial charge < -0.3 is 14.6 Å². The van der Waals surface area contributed by atoms with E-state index in [9.17, 15) is 9.90 Å². The first-order chi connectivity index (χ1) is 11.6. The molecule has 1 N–H and O–H groups in total.